The third kappa shape index (κ3) is 3.93. The van der Waals surface area contributed by atoms with E-state index < -0.39 is 18.3 Å². The van der Waals surface area contributed by atoms with Crippen molar-refractivity contribution in [2.75, 3.05) is 13.4 Å². The van der Waals surface area contributed by atoms with Crippen molar-refractivity contribution in [3.05, 3.63) is 22.2 Å². The number of hydrogen-bond donors (Lipinski definition) is 0. The first-order chi connectivity index (χ1) is 10.7. The van der Waals surface area contributed by atoms with E-state index >= 15 is 0 Å². The molecule has 124 valence electrons. The summed E-state index contributed by atoms with van der Waals surface area (Å²) >= 11 is 12.4. The van der Waals surface area contributed by atoms with Gasteiger partial charge in [-0.3, -0.25) is 0 Å². The van der Waals surface area contributed by atoms with Gasteiger partial charge in [-0.05, 0) is 39.8 Å². The molecular weight excluding hydrogens is 340 g/mol. The first-order valence-corrected chi connectivity index (χ1v) is 7.85. The largest absolute Gasteiger partial charge is 0.500 e. The summed E-state index contributed by atoms with van der Waals surface area (Å²) in [5, 5.41) is 9.28. The molecule has 0 atom stereocenters. The maximum Gasteiger partial charge on any atom is 0.500 e. The smallest absolute Gasteiger partial charge is 0.468 e. The molecule has 1 heterocycles. The molecule has 0 aromatic heterocycles. The molecule has 1 aliphatic heterocycles. The average molecular weight is 358 g/mol. The molecule has 0 aliphatic carbocycles. The zero-order valence-electron chi connectivity index (χ0n) is 13.5. The van der Waals surface area contributed by atoms with E-state index in [1.165, 1.54) is 0 Å². The Kier molecular flexibility index (Phi) is 5.50. The van der Waals surface area contributed by atoms with Gasteiger partial charge in [-0.2, -0.15) is 5.26 Å². The number of nitrogens with zero attached hydrogens (tertiary/aromatic N) is 1. The van der Waals surface area contributed by atoms with E-state index in [0.29, 0.717) is 21.3 Å². The van der Waals surface area contributed by atoms with E-state index in [0.717, 1.165) is 0 Å². The van der Waals surface area contributed by atoms with Gasteiger partial charge in [-0.15, -0.1) is 0 Å². The van der Waals surface area contributed by atoms with Crippen LogP contribution in [0.2, 0.25) is 10.0 Å². The summed E-state index contributed by atoms with van der Waals surface area (Å²) in [7, 11) is -0.685. The first kappa shape index (κ1) is 18.4. The number of ether oxygens (including phenoxy) is 2. The van der Waals surface area contributed by atoms with Crippen molar-refractivity contribution in [1.82, 2.24) is 0 Å². The van der Waals surface area contributed by atoms with Gasteiger partial charge in [0.1, 0.15) is 12.4 Å². The van der Waals surface area contributed by atoms with Crippen LogP contribution in [0.1, 0.15) is 27.7 Å². The third-order valence-corrected chi connectivity index (χ3v) is 4.54. The molecule has 0 spiro atoms. The molecule has 0 saturated carbocycles. The third-order valence-electron chi connectivity index (χ3n) is 4.01. The maximum atomic E-state index is 8.48. The fourth-order valence-electron chi connectivity index (χ4n) is 2.06. The Morgan fingerprint density at radius 2 is 1.78 bits per heavy atom. The Labute approximate surface area is 146 Å². The van der Waals surface area contributed by atoms with E-state index in [9.17, 15) is 0 Å². The minimum atomic E-state index is -0.685. The Bertz CT molecular complexity index is 615. The van der Waals surface area contributed by atoms with Crippen molar-refractivity contribution in [2.45, 2.75) is 38.9 Å². The summed E-state index contributed by atoms with van der Waals surface area (Å²) in [4.78, 5) is 0. The molecule has 23 heavy (non-hydrogen) atoms. The van der Waals surface area contributed by atoms with Gasteiger partial charge in [0.2, 0.25) is 0 Å². The van der Waals surface area contributed by atoms with Crippen LogP contribution in [-0.2, 0) is 14.0 Å². The second kappa shape index (κ2) is 6.88. The molecule has 5 nitrogen and oxygen atoms in total. The number of nitriles is 1. The van der Waals surface area contributed by atoms with Crippen LogP contribution in [0.5, 0.6) is 5.75 Å². The molecule has 2 rings (SSSR count). The van der Waals surface area contributed by atoms with Gasteiger partial charge in [0.15, 0.2) is 6.79 Å². The average Bonchev–Trinajstić information content (AvgIpc) is 2.62. The molecule has 0 unspecified atom stereocenters. The zero-order valence-corrected chi connectivity index (χ0v) is 15.0. The lowest BCUT2D eigenvalue weighted by Crippen LogP contribution is -2.41. The summed E-state index contributed by atoms with van der Waals surface area (Å²) in [6.45, 7) is 7.64. The molecule has 0 N–H and O–H groups in total. The van der Waals surface area contributed by atoms with Gasteiger partial charge in [-0.25, -0.2) is 0 Å². The Morgan fingerprint density at radius 3 is 2.35 bits per heavy atom. The minimum absolute atomic E-state index is 0.0693. The second-order valence-electron chi connectivity index (χ2n) is 6.16. The lowest BCUT2D eigenvalue weighted by atomic mass is 9.78. The maximum absolute atomic E-state index is 8.48. The molecule has 0 radical (unpaired) electrons. The van der Waals surface area contributed by atoms with Crippen LogP contribution in [0.4, 0.5) is 0 Å². The van der Waals surface area contributed by atoms with Crippen LogP contribution >= 0.6 is 23.2 Å². The molecule has 1 aromatic carbocycles. The van der Waals surface area contributed by atoms with Crippen LogP contribution in [-0.4, -0.2) is 31.7 Å². The van der Waals surface area contributed by atoms with Gasteiger partial charge in [0.05, 0.1) is 17.3 Å². The van der Waals surface area contributed by atoms with Gasteiger partial charge in [0.25, 0.3) is 0 Å². The van der Waals surface area contributed by atoms with Crippen molar-refractivity contribution >= 4 is 35.8 Å². The number of rotatable bonds is 5. The standard InChI is InChI=1S/C15H18BCl2NO4/c1-14(2)15(3,4)23-16(22-14)13-11(18)7-10(17)8-12(13)21-9-20-6-5-19/h7-8H,6,9H2,1-4H3. The lowest BCUT2D eigenvalue weighted by molar-refractivity contribution is 0.00578. The SMILES string of the molecule is CC1(C)OB(c2c(Cl)cc(Cl)cc2OCOCC#N)OC1(C)C. The summed E-state index contributed by atoms with van der Waals surface area (Å²) in [6.07, 6.45) is 0. The van der Waals surface area contributed by atoms with Crippen LogP contribution < -0.4 is 10.2 Å². The molecular formula is C15H18BCl2NO4. The molecule has 1 saturated heterocycles. The van der Waals surface area contributed by atoms with Crippen molar-refractivity contribution in [3.8, 4) is 11.8 Å². The number of benzene rings is 1. The summed E-state index contributed by atoms with van der Waals surface area (Å²) in [6, 6.07) is 5.08. The Hall–Kier alpha value is -0.965. The van der Waals surface area contributed by atoms with Crippen molar-refractivity contribution in [2.24, 2.45) is 0 Å². The van der Waals surface area contributed by atoms with E-state index in [4.69, 9.17) is 47.2 Å². The van der Waals surface area contributed by atoms with E-state index in [-0.39, 0.29) is 13.4 Å². The van der Waals surface area contributed by atoms with Gasteiger partial charge in [-0.1, -0.05) is 23.2 Å². The highest BCUT2D eigenvalue weighted by Gasteiger charge is 2.53. The highest BCUT2D eigenvalue weighted by atomic mass is 35.5. The topological polar surface area (TPSA) is 60.7 Å². The number of halogens is 2. The molecule has 1 aliphatic rings. The summed E-state index contributed by atoms with van der Waals surface area (Å²) < 4.78 is 22.6. The molecule has 1 aromatic rings. The van der Waals surface area contributed by atoms with Crippen LogP contribution in [0.3, 0.4) is 0 Å². The lowest BCUT2D eigenvalue weighted by Gasteiger charge is -2.32. The number of hydrogen-bond acceptors (Lipinski definition) is 5. The highest BCUT2D eigenvalue weighted by molar-refractivity contribution is 6.67. The highest BCUT2D eigenvalue weighted by Crippen LogP contribution is 2.38. The predicted molar refractivity (Wildman–Crippen MR) is 89.2 cm³/mol. The van der Waals surface area contributed by atoms with E-state index in [2.05, 4.69) is 0 Å². The van der Waals surface area contributed by atoms with Crippen LogP contribution in [0.15, 0.2) is 12.1 Å². The Morgan fingerprint density at radius 1 is 1.17 bits per heavy atom. The fraction of sp³-hybridized carbons (Fsp3) is 0.533. The molecule has 1 fully saturated rings. The van der Waals surface area contributed by atoms with E-state index in [1.54, 1.807) is 12.1 Å². The summed E-state index contributed by atoms with van der Waals surface area (Å²) in [5.74, 6) is 0.402. The van der Waals surface area contributed by atoms with Crippen molar-refractivity contribution < 1.29 is 18.8 Å². The van der Waals surface area contributed by atoms with Gasteiger partial charge in [0, 0.05) is 15.5 Å². The Balaban J connectivity index is 2.29. The predicted octanol–water partition coefficient (Wildman–Crippen LogP) is 3.17. The molecule has 0 bridgehead atoms. The summed E-state index contributed by atoms with van der Waals surface area (Å²) in [5.41, 5.74) is -0.458. The normalized spacial score (nSPS) is 18.7. The minimum Gasteiger partial charge on any atom is -0.468 e. The second-order valence-corrected chi connectivity index (χ2v) is 7.00. The van der Waals surface area contributed by atoms with Gasteiger partial charge >= 0.3 is 7.12 Å². The molecule has 0 amide bonds. The van der Waals surface area contributed by atoms with Gasteiger partial charge < -0.3 is 18.8 Å². The van der Waals surface area contributed by atoms with E-state index in [1.807, 2.05) is 33.8 Å². The van der Waals surface area contributed by atoms with Crippen molar-refractivity contribution in [3.63, 3.8) is 0 Å². The van der Waals surface area contributed by atoms with Crippen molar-refractivity contribution in [1.29, 1.82) is 5.26 Å². The van der Waals surface area contributed by atoms with Crippen LogP contribution in [0, 0.1) is 11.3 Å². The monoisotopic (exact) mass is 357 g/mol. The molecule has 8 heteroatoms. The zero-order chi connectivity index (χ0) is 17.3. The quantitative estimate of drug-likeness (QED) is 0.460. The van der Waals surface area contributed by atoms with Crippen LogP contribution in [0.25, 0.3) is 0 Å². The fourth-order valence-corrected chi connectivity index (χ4v) is 2.63. The first-order valence-electron chi connectivity index (χ1n) is 7.10.